The largest absolute Gasteiger partial charge is 0.439 e. The number of nitrogen functional groups attached to an aromatic ring is 2. The molecule has 0 saturated heterocycles. The van der Waals surface area contributed by atoms with Gasteiger partial charge in [0.2, 0.25) is 5.55 Å². The molecule has 0 radical (unpaired) electrons. The van der Waals surface area contributed by atoms with Gasteiger partial charge in [-0.2, -0.15) is 10.5 Å². The fourth-order valence-electron chi connectivity index (χ4n) is 3.67. The minimum absolute atomic E-state index is 0.00154. The van der Waals surface area contributed by atoms with E-state index < -0.39 is 5.56 Å². The molecule has 9 nitrogen and oxygen atoms in total. The van der Waals surface area contributed by atoms with Crippen molar-refractivity contribution in [2.45, 2.75) is 12.8 Å². The van der Waals surface area contributed by atoms with E-state index in [9.17, 15) is 15.3 Å². The highest BCUT2D eigenvalue weighted by Crippen LogP contribution is 2.30. The smallest absolute Gasteiger partial charge is 0.289 e. The molecule has 32 heavy (non-hydrogen) atoms. The Morgan fingerprint density at radius 2 is 1.84 bits per heavy atom. The fourth-order valence-corrected chi connectivity index (χ4v) is 3.93. The SMILES string of the molecule is N#Cc1c(-c2ccc(Br)cc2)c(C#N)c(=O)n(NC2=c3c(N)cc(=N)oc3=CCC2)c1N. The molecule has 2 heterocycles. The molecule has 4 rings (SSSR count). The Labute approximate surface area is 189 Å². The van der Waals surface area contributed by atoms with E-state index in [4.69, 9.17) is 21.3 Å². The van der Waals surface area contributed by atoms with Crippen LogP contribution in [0.3, 0.4) is 0 Å². The maximum absolute atomic E-state index is 13.2. The van der Waals surface area contributed by atoms with E-state index in [0.29, 0.717) is 40.4 Å². The summed E-state index contributed by atoms with van der Waals surface area (Å²) in [5.74, 6) is -0.134. The lowest BCUT2D eigenvalue weighted by Crippen LogP contribution is -2.41. The average Bonchev–Trinajstić information content (AvgIpc) is 2.76. The monoisotopic (exact) mass is 489 g/mol. The standard InChI is InChI=1S/C22H16BrN7O2/c23-12-6-4-11(5-7-12)19-13(9-24)21(28)30(22(31)14(19)10-25)29-16-2-1-3-17-20(16)15(26)8-18(27)32-17/h3-8,27,29H,1-2,26,28H2. The number of nitrogens with one attached hydrogen (secondary N) is 2. The molecule has 0 atom stereocenters. The van der Waals surface area contributed by atoms with Gasteiger partial charge in [-0.1, -0.05) is 28.1 Å². The quantitative estimate of drug-likeness (QED) is 0.427. The molecule has 1 aromatic carbocycles. The Morgan fingerprint density at radius 1 is 1.16 bits per heavy atom. The predicted octanol–water partition coefficient (Wildman–Crippen LogP) is 1.18. The Balaban J connectivity index is 2.00. The number of fused-ring (bicyclic) bond motifs is 1. The van der Waals surface area contributed by atoms with Crippen molar-refractivity contribution in [1.29, 1.82) is 15.9 Å². The zero-order valence-electron chi connectivity index (χ0n) is 16.6. The minimum atomic E-state index is -0.696. The van der Waals surface area contributed by atoms with E-state index in [1.54, 1.807) is 30.3 Å². The number of nitrogens with two attached hydrogens (primary N) is 2. The van der Waals surface area contributed by atoms with E-state index in [2.05, 4.69) is 21.4 Å². The first-order valence-electron chi connectivity index (χ1n) is 9.45. The maximum Gasteiger partial charge on any atom is 0.289 e. The van der Waals surface area contributed by atoms with Crippen LogP contribution < -0.4 is 38.6 Å². The van der Waals surface area contributed by atoms with Gasteiger partial charge >= 0.3 is 0 Å². The lowest BCUT2D eigenvalue weighted by Gasteiger charge is -2.20. The topological polar surface area (TPSA) is 171 Å². The first kappa shape index (κ1) is 21.0. The van der Waals surface area contributed by atoms with E-state index >= 15 is 0 Å². The van der Waals surface area contributed by atoms with Crippen molar-refractivity contribution >= 4 is 39.2 Å². The Kier molecular flexibility index (Phi) is 5.31. The molecule has 1 aliphatic rings. The van der Waals surface area contributed by atoms with Crippen molar-refractivity contribution in [3.05, 3.63) is 72.5 Å². The van der Waals surface area contributed by atoms with Crippen LogP contribution in [0.5, 0.6) is 0 Å². The summed E-state index contributed by atoms with van der Waals surface area (Å²) >= 11 is 3.34. The van der Waals surface area contributed by atoms with Crippen LogP contribution in [0.15, 0.2) is 44.0 Å². The van der Waals surface area contributed by atoms with E-state index in [0.717, 1.165) is 9.15 Å². The second-order valence-corrected chi connectivity index (χ2v) is 7.94. The molecular weight excluding hydrogens is 474 g/mol. The molecule has 0 bridgehead atoms. The molecular formula is C22H16BrN7O2. The van der Waals surface area contributed by atoms with Crippen LogP contribution in [0.4, 0.5) is 11.5 Å². The van der Waals surface area contributed by atoms with Crippen molar-refractivity contribution in [2.24, 2.45) is 0 Å². The predicted molar refractivity (Wildman–Crippen MR) is 122 cm³/mol. The highest BCUT2D eigenvalue weighted by molar-refractivity contribution is 9.10. The van der Waals surface area contributed by atoms with Crippen LogP contribution in [-0.2, 0) is 0 Å². The van der Waals surface area contributed by atoms with Crippen LogP contribution >= 0.6 is 15.9 Å². The van der Waals surface area contributed by atoms with Gasteiger partial charge in [0.15, 0.2) is 0 Å². The van der Waals surface area contributed by atoms with E-state index in [-0.39, 0.29) is 28.1 Å². The number of aromatic nitrogens is 1. The third-order valence-electron chi connectivity index (χ3n) is 5.08. The molecule has 0 fully saturated rings. The molecule has 1 aliphatic carbocycles. The van der Waals surface area contributed by atoms with E-state index in [1.165, 1.54) is 6.07 Å². The molecule has 3 aromatic rings. The zero-order valence-corrected chi connectivity index (χ0v) is 18.2. The van der Waals surface area contributed by atoms with Crippen molar-refractivity contribution < 1.29 is 4.42 Å². The average molecular weight is 490 g/mol. The van der Waals surface area contributed by atoms with Crippen LogP contribution in [0.1, 0.15) is 24.0 Å². The molecule has 0 aliphatic heterocycles. The number of anilines is 2. The summed E-state index contributed by atoms with van der Waals surface area (Å²) in [4.78, 5) is 13.2. The summed E-state index contributed by atoms with van der Waals surface area (Å²) in [5, 5.41) is 27.8. The second-order valence-electron chi connectivity index (χ2n) is 7.02. The van der Waals surface area contributed by atoms with Gasteiger partial charge in [0.05, 0.1) is 5.22 Å². The van der Waals surface area contributed by atoms with Crippen LogP contribution in [0, 0.1) is 28.1 Å². The first-order valence-corrected chi connectivity index (χ1v) is 10.2. The summed E-state index contributed by atoms with van der Waals surface area (Å²) in [6.07, 6.45) is 2.86. The van der Waals surface area contributed by atoms with Crippen LogP contribution in [0.2, 0.25) is 0 Å². The van der Waals surface area contributed by atoms with Gasteiger partial charge in [-0.3, -0.25) is 15.6 Å². The number of rotatable bonds is 3. The van der Waals surface area contributed by atoms with Crippen molar-refractivity contribution in [3.63, 3.8) is 0 Å². The number of hydrogen-bond donors (Lipinski definition) is 4. The molecule has 0 saturated carbocycles. The fraction of sp³-hybridized carbons (Fsp3) is 0.0909. The van der Waals surface area contributed by atoms with Gasteiger partial charge in [0.1, 0.15) is 34.5 Å². The van der Waals surface area contributed by atoms with Gasteiger partial charge in [0.25, 0.3) is 5.56 Å². The minimum Gasteiger partial charge on any atom is -0.439 e. The number of benzene rings is 1. The second kappa shape index (κ2) is 8.10. The number of halogens is 1. The molecule has 0 spiro atoms. The normalized spacial score (nSPS) is 12.3. The van der Waals surface area contributed by atoms with Crippen molar-refractivity contribution in [3.8, 4) is 23.3 Å². The Hall–Kier alpha value is -4.28. The molecule has 0 unspecified atom stereocenters. The number of hydrogen-bond acceptors (Lipinski definition) is 8. The summed E-state index contributed by atoms with van der Waals surface area (Å²) in [7, 11) is 0. The Bertz CT molecular complexity index is 1590. The summed E-state index contributed by atoms with van der Waals surface area (Å²) in [6.45, 7) is 0. The van der Waals surface area contributed by atoms with Crippen molar-refractivity contribution in [1.82, 2.24) is 4.68 Å². The lowest BCUT2D eigenvalue weighted by molar-refractivity contribution is 0.450. The third-order valence-corrected chi connectivity index (χ3v) is 5.61. The van der Waals surface area contributed by atoms with Gasteiger partial charge in [-0.25, -0.2) is 4.68 Å². The number of nitriles is 2. The first-order chi connectivity index (χ1) is 15.3. The maximum atomic E-state index is 13.2. The van der Waals surface area contributed by atoms with Gasteiger partial charge in [0, 0.05) is 27.5 Å². The van der Waals surface area contributed by atoms with Crippen LogP contribution in [-0.4, -0.2) is 4.68 Å². The molecule has 2 aromatic heterocycles. The lowest BCUT2D eigenvalue weighted by atomic mass is 9.96. The third kappa shape index (κ3) is 3.43. The summed E-state index contributed by atoms with van der Waals surface area (Å²) in [5.41, 5.74) is 16.2. The highest BCUT2D eigenvalue weighted by Gasteiger charge is 2.23. The number of pyridine rings is 1. The van der Waals surface area contributed by atoms with Gasteiger partial charge < -0.3 is 15.9 Å². The molecule has 10 heteroatoms. The van der Waals surface area contributed by atoms with Gasteiger partial charge in [-0.05, 0) is 36.6 Å². The Morgan fingerprint density at radius 3 is 2.50 bits per heavy atom. The van der Waals surface area contributed by atoms with Crippen LogP contribution in [0.25, 0.3) is 22.9 Å². The molecule has 158 valence electrons. The molecule has 0 amide bonds. The van der Waals surface area contributed by atoms with E-state index in [1.807, 2.05) is 12.1 Å². The van der Waals surface area contributed by atoms with Crippen molar-refractivity contribution in [2.75, 3.05) is 16.9 Å². The summed E-state index contributed by atoms with van der Waals surface area (Å²) in [6, 6.07) is 12.2. The van der Waals surface area contributed by atoms with Gasteiger partial charge in [-0.15, -0.1) is 0 Å². The number of nitrogens with zero attached hydrogens (tertiary/aromatic N) is 3. The highest BCUT2D eigenvalue weighted by atomic mass is 79.9. The summed E-state index contributed by atoms with van der Waals surface area (Å²) < 4.78 is 7.22. The molecule has 6 N–H and O–H groups in total. The zero-order chi connectivity index (χ0) is 23.0.